The molecule has 1 aliphatic carbocycles. The smallest absolute Gasteiger partial charge is 0.336 e. The first-order valence-corrected chi connectivity index (χ1v) is 11.2. The first kappa shape index (κ1) is 21.8. The van der Waals surface area contributed by atoms with Gasteiger partial charge >= 0.3 is 5.69 Å². The summed E-state index contributed by atoms with van der Waals surface area (Å²) in [5, 5.41) is 7.27. The van der Waals surface area contributed by atoms with E-state index in [-0.39, 0.29) is 18.0 Å². The van der Waals surface area contributed by atoms with Gasteiger partial charge in [0.1, 0.15) is 6.54 Å². The zero-order valence-corrected chi connectivity index (χ0v) is 18.6. The molecule has 0 aliphatic heterocycles. The van der Waals surface area contributed by atoms with Gasteiger partial charge in [-0.15, -0.1) is 0 Å². The Bertz CT molecular complexity index is 1280. The molecule has 1 aliphatic rings. The fourth-order valence-corrected chi connectivity index (χ4v) is 4.11. The number of aryl methyl sites for hydroxylation is 2. The summed E-state index contributed by atoms with van der Waals surface area (Å²) in [5.74, 6) is -0.261. The van der Waals surface area contributed by atoms with Crippen molar-refractivity contribution in [3.8, 4) is 5.69 Å². The Morgan fingerprint density at radius 1 is 1.16 bits per heavy atom. The lowest BCUT2D eigenvalue weighted by Gasteiger charge is -2.14. The minimum atomic E-state index is -0.549. The number of rotatable bonds is 7. The van der Waals surface area contributed by atoms with Gasteiger partial charge in [-0.2, -0.15) is 5.10 Å². The van der Waals surface area contributed by atoms with Crippen molar-refractivity contribution in [2.75, 3.05) is 6.54 Å². The molecule has 0 saturated heterocycles. The van der Waals surface area contributed by atoms with Crippen LogP contribution in [0.2, 0.25) is 0 Å². The fourth-order valence-electron chi connectivity index (χ4n) is 4.11. The molecule has 3 aromatic rings. The topological polar surface area (TPSA) is 90.9 Å². The maximum atomic E-state index is 13.3. The number of carbonyl (C=O) groups excluding carboxylic acids is 1. The molecule has 2 aromatic heterocycles. The lowest BCUT2D eigenvalue weighted by molar-refractivity contribution is -0.121. The van der Waals surface area contributed by atoms with Gasteiger partial charge in [-0.1, -0.05) is 29.3 Å². The van der Waals surface area contributed by atoms with Gasteiger partial charge in [-0.25, -0.2) is 9.36 Å². The second kappa shape index (κ2) is 9.38. The van der Waals surface area contributed by atoms with Crippen molar-refractivity contribution in [2.24, 2.45) is 0 Å². The van der Waals surface area contributed by atoms with E-state index in [4.69, 9.17) is 0 Å². The zero-order chi connectivity index (χ0) is 22.7. The molecule has 0 saturated carbocycles. The SMILES string of the molecule is CCn1cc2c(n1)c(=O)n(-c1ccc(C)cc1)c(=O)n2CC(=O)NCCC1=CCCCC1. The van der Waals surface area contributed by atoms with E-state index in [2.05, 4.69) is 16.5 Å². The molecule has 2 heterocycles. The van der Waals surface area contributed by atoms with Crippen molar-refractivity contribution in [3.63, 3.8) is 0 Å². The van der Waals surface area contributed by atoms with E-state index in [0.717, 1.165) is 29.4 Å². The Morgan fingerprint density at radius 3 is 2.62 bits per heavy atom. The van der Waals surface area contributed by atoms with Crippen molar-refractivity contribution in [3.05, 3.63) is 68.5 Å². The maximum Gasteiger partial charge on any atom is 0.336 e. The Hall–Kier alpha value is -3.42. The van der Waals surface area contributed by atoms with E-state index in [9.17, 15) is 14.4 Å². The van der Waals surface area contributed by atoms with Crippen LogP contribution in [-0.2, 0) is 17.9 Å². The van der Waals surface area contributed by atoms with E-state index >= 15 is 0 Å². The number of benzene rings is 1. The highest BCUT2D eigenvalue weighted by Gasteiger charge is 2.19. The molecule has 8 nitrogen and oxygen atoms in total. The van der Waals surface area contributed by atoms with Crippen molar-refractivity contribution in [1.82, 2.24) is 24.2 Å². The summed E-state index contributed by atoms with van der Waals surface area (Å²) >= 11 is 0. The predicted molar refractivity (Wildman–Crippen MR) is 124 cm³/mol. The average molecular weight is 436 g/mol. The van der Waals surface area contributed by atoms with Crippen LogP contribution in [0.15, 0.2) is 51.7 Å². The van der Waals surface area contributed by atoms with Crippen LogP contribution in [0.5, 0.6) is 0 Å². The van der Waals surface area contributed by atoms with Gasteiger partial charge in [-0.3, -0.25) is 18.8 Å². The molecule has 32 heavy (non-hydrogen) atoms. The molecule has 0 spiro atoms. The van der Waals surface area contributed by atoms with Crippen molar-refractivity contribution >= 4 is 16.9 Å². The number of amides is 1. The second-order valence-corrected chi connectivity index (χ2v) is 8.27. The number of nitrogens with one attached hydrogen (secondary N) is 1. The number of aromatic nitrogens is 4. The largest absolute Gasteiger partial charge is 0.354 e. The van der Waals surface area contributed by atoms with Crippen molar-refractivity contribution in [1.29, 1.82) is 0 Å². The first-order chi connectivity index (χ1) is 15.5. The van der Waals surface area contributed by atoms with E-state index in [1.54, 1.807) is 23.0 Å². The quantitative estimate of drug-likeness (QED) is 0.578. The third-order valence-corrected chi connectivity index (χ3v) is 5.93. The van der Waals surface area contributed by atoms with E-state index in [1.165, 1.54) is 23.0 Å². The average Bonchev–Trinajstić information content (AvgIpc) is 3.24. The number of hydrogen-bond donors (Lipinski definition) is 1. The lowest BCUT2D eigenvalue weighted by Crippen LogP contribution is -2.41. The zero-order valence-electron chi connectivity index (χ0n) is 18.6. The third-order valence-electron chi connectivity index (χ3n) is 5.93. The molecular weight excluding hydrogens is 406 g/mol. The van der Waals surface area contributed by atoms with Gasteiger partial charge in [0, 0.05) is 19.3 Å². The summed E-state index contributed by atoms with van der Waals surface area (Å²) in [6.45, 7) is 4.75. The molecular formula is C24H29N5O3. The number of fused-ring (bicyclic) bond motifs is 1. The Kier molecular flexibility index (Phi) is 6.39. The van der Waals surface area contributed by atoms with Crippen LogP contribution < -0.4 is 16.6 Å². The summed E-state index contributed by atoms with van der Waals surface area (Å²) in [6, 6.07) is 7.13. The second-order valence-electron chi connectivity index (χ2n) is 8.27. The van der Waals surface area contributed by atoms with Gasteiger partial charge in [0.2, 0.25) is 5.91 Å². The van der Waals surface area contributed by atoms with Crippen LogP contribution in [0, 0.1) is 6.92 Å². The molecule has 0 unspecified atom stereocenters. The lowest BCUT2D eigenvalue weighted by atomic mass is 9.97. The van der Waals surface area contributed by atoms with Gasteiger partial charge in [0.25, 0.3) is 5.56 Å². The summed E-state index contributed by atoms with van der Waals surface area (Å²) in [7, 11) is 0. The molecule has 0 bridgehead atoms. The minimum Gasteiger partial charge on any atom is -0.354 e. The van der Waals surface area contributed by atoms with Crippen LogP contribution >= 0.6 is 0 Å². The molecule has 1 aromatic carbocycles. The Labute approximate surface area is 186 Å². The van der Waals surface area contributed by atoms with Gasteiger partial charge in [0.15, 0.2) is 5.52 Å². The summed E-state index contributed by atoms with van der Waals surface area (Å²) < 4.78 is 4.04. The van der Waals surface area contributed by atoms with Gasteiger partial charge in [0.05, 0.1) is 11.2 Å². The van der Waals surface area contributed by atoms with Crippen LogP contribution in [0.1, 0.15) is 44.6 Å². The molecule has 0 radical (unpaired) electrons. The first-order valence-electron chi connectivity index (χ1n) is 11.2. The normalized spacial score (nSPS) is 13.9. The van der Waals surface area contributed by atoms with Crippen LogP contribution in [-0.4, -0.2) is 31.4 Å². The van der Waals surface area contributed by atoms with Crippen molar-refractivity contribution < 1.29 is 4.79 Å². The van der Waals surface area contributed by atoms with Crippen LogP contribution in [0.3, 0.4) is 0 Å². The standard InChI is InChI=1S/C24H29N5O3/c1-3-27-15-20-22(26-27)23(31)29(19-11-9-17(2)10-12-19)24(32)28(20)16-21(30)25-14-13-18-7-5-4-6-8-18/h7,9-12,15H,3-6,8,13-14,16H2,1-2H3,(H,25,30). The number of hydrogen-bond acceptors (Lipinski definition) is 4. The van der Waals surface area contributed by atoms with Crippen molar-refractivity contribution in [2.45, 2.75) is 59.0 Å². The maximum absolute atomic E-state index is 13.3. The summed E-state index contributed by atoms with van der Waals surface area (Å²) in [4.78, 5) is 39.2. The van der Waals surface area contributed by atoms with E-state index in [1.807, 2.05) is 26.0 Å². The van der Waals surface area contributed by atoms with E-state index in [0.29, 0.717) is 24.3 Å². The Balaban J connectivity index is 1.66. The summed E-state index contributed by atoms with van der Waals surface area (Å²) in [5.41, 5.74) is 2.37. The van der Waals surface area contributed by atoms with Crippen LogP contribution in [0.4, 0.5) is 0 Å². The molecule has 1 amide bonds. The minimum absolute atomic E-state index is 0.171. The monoisotopic (exact) mass is 435 g/mol. The molecule has 0 fully saturated rings. The number of nitrogens with zero attached hydrogens (tertiary/aromatic N) is 4. The fraction of sp³-hybridized carbons (Fsp3) is 0.417. The van der Waals surface area contributed by atoms with Gasteiger partial charge < -0.3 is 5.32 Å². The molecule has 8 heteroatoms. The highest BCUT2D eigenvalue weighted by molar-refractivity contribution is 5.79. The van der Waals surface area contributed by atoms with Gasteiger partial charge in [-0.05, 0) is 58.1 Å². The Morgan fingerprint density at radius 2 is 1.94 bits per heavy atom. The highest BCUT2D eigenvalue weighted by atomic mass is 16.2. The van der Waals surface area contributed by atoms with E-state index < -0.39 is 11.2 Å². The number of allylic oxidation sites excluding steroid dienone is 1. The molecule has 4 rings (SSSR count). The molecule has 168 valence electrons. The highest BCUT2D eigenvalue weighted by Crippen LogP contribution is 2.19. The third kappa shape index (κ3) is 4.44. The summed E-state index contributed by atoms with van der Waals surface area (Å²) in [6.07, 6.45) is 9.38. The van der Waals surface area contributed by atoms with Crippen LogP contribution in [0.25, 0.3) is 16.7 Å². The number of carbonyl (C=O) groups is 1. The predicted octanol–water partition coefficient (Wildman–Crippen LogP) is 2.68. The molecule has 0 atom stereocenters. The molecule has 1 N–H and O–H groups in total.